The fraction of sp³-hybridized carbons (Fsp3) is 0.562. The molecule has 1 aromatic heterocycles. The van der Waals surface area contributed by atoms with Crippen LogP contribution in [0, 0.1) is 23.7 Å². The Morgan fingerprint density at radius 2 is 1.43 bits per heavy atom. The summed E-state index contributed by atoms with van der Waals surface area (Å²) in [4.78, 5) is 78.2. The number of likely N-dealkylation sites (N-methyl/N-ethyl adjacent to an activating group) is 1. The van der Waals surface area contributed by atoms with Gasteiger partial charge in [-0.1, -0.05) is 94.4 Å². The van der Waals surface area contributed by atoms with Crippen molar-refractivity contribution in [1.29, 1.82) is 0 Å². The maximum absolute atomic E-state index is 15.2. The summed E-state index contributed by atoms with van der Waals surface area (Å²) < 4.78 is 66.7. The molecular weight excluding hydrogens is 1050 g/mol. The number of para-hydroxylation sites is 1. The quantitative estimate of drug-likeness (QED) is 0.0869. The van der Waals surface area contributed by atoms with E-state index in [2.05, 4.69) is 10.3 Å². The zero-order valence-corrected chi connectivity index (χ0v) is 49.6. The highest BCUT2D eigenvalue weighted by atomic mass is 16.7. The van der Waals surface area contributed by atoms with Crippen molar-refractivity contribution in [3.8, 4) is 0 Å². The second-order valence-electron chi connectivity index (χ2n) is 23.6. The molecule has 0 aliphatic carbocycles. The molecular formula is C64H83N3O15. The van der Waals surface area contributed by atoms with Gasteiger partial charge >= 0.3 is 24.0 Å². The first-order chi connectivity index (χ1) is 39.0. The van der Waals surface area contributed by atoms with Crippen LogP contribution in [-0.2, 0) is 57.0 Å². The zero-order chi connectivity index (χ0) is 59.3. The summed E-state index contributed by atoms with van der Waals surface area (Å²) in [6.07, 6.45) is -3.16. The molecule has 0 saturated carbocycles. The third-order valence-electron chi connectivity index (χ3n) is 17.3. The number of carbonyl (C=O) groups is 5. The Morgan fingerprint density at radius 1 is 0.780 bits per heavy atom. The molecule has 444 valence electrons. The molecule has 8 rings (SSSR count). The number of aromatic nitrogens is 1. The minimum absolute atomic E-state index is 0.00543. The summed E-state index contributed by atoms with van der Waals surface area (Å²) in [5.74, 6) is -5.64. The highest BCUT2D eigenvalue weighted by Gasteiger charge is 2.59. The molecule has 2 unspecified atom stereocenters. The summed E-state index contributed by atoms with van der Waals surface area (Å²) >= 11 is 0. The molecule has 5 heterocycles. The number of fused-ring (bicyclic) bond motifs is 2. The predicted octanol–water partition coefficient (Wildman–Crippen LogP) is 9.56. The van der Waals surface area contributed by atoms with Gasteiger partial charge in [-0.05, 0) is 117 Å². The summed E-state index contributed by atoms with van der Waals surface area (Å²) in [6, 6.07) is 25.9. The molecule has 18 atom stereocenters. The number of ether oxygens (including phenoxy) is 10. The minimum atomic E-state index is -1.47. The standard InChI is InChI=1S/C64H83N3O15/c1-14-49-64(10)54(66-61(72)82-64)39(4)51(68)37(2)34-63(9,74-31-23-24-43-33-46-29-21-22-30-47(46)65-36-43)55(81-60-53(48(67(11)12)32-38(3)75-60)79-58(70)44-25-17-15-18-26-44)40(5)52(41(6)57(69)77-49)78-50-35-62(8,73-13)56(42(7)76-50)80-59(71)45-27-19-16-20-28-45/h15-30,33,36-42,48-50,52-56,60H,14,31-32,34-35H2,1-13H3,(H,66,72)/b24-23+/t37-,38-,39+,40+,41-,42+,48+,49?,50+,52?,53-,54-,55-,56+,60+,62-,63-,64-/m1/s1. The molecule has 4 aromatic rings. The van der Waals surface area contributed by atoms with Crippen LogP contribution in [0.15, 0.2) is 103 Å². The fourth-order valence-corrected chi connectivity index (χ4v) is 12.7. The third kappa shape index (κ3) is 13.6. The summed E-state index contributed by atoms with van der Waals surface area (Å²) in [5, 5.41) is 3.85. The predicted molar refractivity (Wildman–Crippen MR) is 305 cm³/mol. The summed E-state index contributed by atoms with van der Waals surface area (Å²) in [6.45, 7) is 18.0. The molecule has 1 amide bonds. The Kier molecular flexibility index (Phi) is 19.8. The Bertz CT molecular complexity index is 2890. The molecule has 18 nitrogen and oxygen atoms in total. The van der Waals surface area contributed by atoms with Crippen LogP contribution in [0.4, 0.5) is 4.79 Å². The van der Waals surface area contributed by atoms with Gasteiger partial charge in [0.1, 0.15) is 17.5 Å². The molecule has 0 spiro atoms. The zero-order valence-electron chi connectivity index (χ0n) is 49.6. The topological polar surface area (TPSA) is 206 Å². The Labute approximate surface area is 482 Å². The van der Waals surface area contributed by atoms with E-state index in [0.29, 0.717) is 17.5 Å². The van der Waals surface area contributed by atoms with E-state index in [1.54, 1.807) is 82.4 Å². The first-order valence-electron chi connectivity index (χ1n) is 28.7. The van der Waals surface area contributed by atoms with Crippen LogP contribution < -0.4 is 5.32 Å². The smallest absolute Gasteiger partial charge is 0.408 e. The molecule has 0 bridgehead atoms. The van der Waals surface area contributed by atoms with Crippen LogP contribution in [0.1, 0.15) is 121 Å². The number of alkyl carbamates (subject to hydrolysis) is 1. The van der Waals surface area contributed by atoms with Crippen molar-refractivity contribution in [3.63, 3.8) is 0 Å². The lowest BCUT2D eigenvalue weighted by molar-refractivity contribution is -0.319. The highest BCUT2D eigenvalue weighted by molar-refractivity contribution is 5.90. The van der Waals surface area contributed by atoms with Gasteiger partial charge in [0.25, 0.3) is 0 Å². The average molecular weight is 1130 g/mol. The van der Waals surface area contributed by atoms with E-state index >= 15 is 9.59 Å². The van der Waals surface area contributed by atoms with Gasteiger partial charge in [-0.15, -0.1) is 0 Å². The average Bonchev–Trinajstić information content (AvgIpc) is 3.75. The van der Waals surface area contributed by atoms with Gasteiger partial charge in [-0.2, -0.15) is 0 Å². The maximum Gasteiger partial charge on any atom is 0.408 e. The lowest BCUT2D eigenvalue weighted by Crippen LogP contribution is -2.62. The van der Waals surface area contributed by atoms with E-state index in [1.807, 2.05) is 115 Å². The number of methoxy groups -OCH3 is 1. The molecule has 0 radical (unpaired) electrons. The van der Waals surface area contributed by atoms with E-state index in [1.165, 1.54) is 7.11 Å². The second-order valence-corrected chi connectivity index (χ2v) is 23.6. The lowest BCUT2D eigenvalue weighted by Gasteiger charge is -2.50. The Balaban J connectivity index is 1.25. The number of hydrogen-bond donors (Lipinski definition) is 1. The van der Waals surface area contributed by atoms with Gasteiger partial charge in [0.05, 0.1) is 71.3 Å². The van der Waals surface area contributed by atoms with Crippen molar-refractivity contribution in [1.82, 2.24) is 15.2 Å². The second kappa shape index (κ2) is 26.2. The van der Waals surface area contributed by atoms with Crippen molar-refractivity contribution < 1.29 is 71.3 Å². The Morgan fingerprint density at radius 3 is 2.07 bits per heavy atom. The third-order valence-corrected chi connectivity index (χ3v) is 17.3. The number of amides is 1. The number of rotatable bonds is 15. The van der Waals surface area contributed by atoms with Crippen LogP contribution in [0.25, 0.3) is 17.0 Å². The first kappa shape index (κ1) is 61.9. The highest BCUT2D eigenvalue weighted by Crippen LogP contribution is 2.44. The van der Waals surface area contributed by atoms with Crippen LogP contribution in [0.5, 0.6) is 0 Å². The van der Waals surface area contributed by atoms with Crippen LogP contribution in [-0.4, -0.2) is 152 Å². The van der Waals surface area contributed by atoms with E-state index in [4.69, 9.17) is 47.4 Å². The molecule has 4 aliphatic rings. The summed E-state index contributed by atoms with van der Waals surface area (Å²) in [5.41, 5.74) is -1.73. The first-order valence-corrected chi connectivity index (χ1v) is 28.7. The van der Waals surface area contributed by atoms with Crippen molar-refractivity contribution in [3.05, 3.63) is 120 Å². The number of Topliss-reactive ketones (excluding diaryl/α,β-unsaturated/α-hetero) is 1. The number of carbonyl (C=O) groups excluding carboxylic acids is 5. The van der Waals surface area contributed by atoms with Crippen LogP contribution >= 0.6 is 0 Å². The number of cyclic esters (lactones) is 1. The number of pyridine rings is 1. The molecule has 18 heteroatoms. The van der Waals surface area contributed by atoms with Gasteiger partial charge < -0.3 is 57.6 Å². The van der Waals surface area contributed by atoms with E-state index in [0.717, 1.165) is 16.5 Å². The molecule has 1 N–H and O–H groups in total. The largest absolute Gasteiger partial charge is 0.458 e. The Hall–Kier alpha value is -6.12. The number of benzene rings is 3. The van der Waals surface area contributed by atoms with Gasteiger partial charge in [0.15, 0.2) is 30.4 Å². The van der Waals surface area contributed by atoms with E-state index in [-0.39, 0.29) is 31.7 Å². The SMILES string of the molecule is CCC1OC(=O)[C@H](C)C(O[C@H]2C[C@@](C)(OC)[C@@H](OC(=O)c3ccccc3)[C@H](C)O2)[C@H](C)[C@@H](O[C@@H]2O[C@H](C)C[C@H](N(C)C)[C@H]2OC(=O)c2ccccc2)[C@](C)(OC/C=C/c2cnc3ccccc3c2)C[C@@H](C)C(=O)[C@H](C)[C@H]2NC(=O)O[C@]12C. The van der Waals surface area contributed by atoms with E-state index < -0.39 is 132 Å². The lowest BCUT2D eigenvalue weighted by atomic mass is 9.73. The molecule has 3 aromatic carbocycles. The van der Waals surface area contributed by atoms with Gasteiger partial charge in [-0.25, -0.2) is 14.4 Å². The molecule has 4 fully saturated rings. The van der Waals surface area contributed by atoms with Crippen molar-refractivity contribution in [2.75, 3.05) is 27.8 Å². The number of ketones is 1. The fourth-order valence-electron chi connectivity index (χ4n) is 12.7. The van der Waals surface area contributed by atoms with E-state index in [9.17, 15) is 14.4 Å². The van der Waals surface area contributed by atoms with Crippen LogP contribution in [0.2, 0.25) is 0 Å². The number of esters is 3. The van der Waals surface area contributed by atoms with Crippen molar-refractivity contribution in [2.24, 2.45) is 23.7 Å². The number of nitrogens with one attached hydrogen (secondary N) is 1. The van der Waals surface area contributed by atoms with Crippen LogP contribution in [0.3, 0.4) is 0 Å². The van der Waals surface area contributed by atoms with Gasteiger partial charge in [-0.3, -0.25) is 14.6 Å². The summed E-state index contributed by atoms with van der Waals surface area (Å²) in [7, 11) is 5.34. The monoisotopic (exact) mass is 1130 g/mol. The number of hydrogen-bond acceptors (Lipinski definition) is 17. The van der Waals surface area contributed by atoms with Gasteiger partial charge in [0, 0.05) is 42.9 Å². The molecule has 4 saturated heterocycles. The number of nitrogens with zero attached hydrogens (tertiary/aromatic N) is 2. The minimum Gasteiger partial charge on any atom is -0.458 e. The maximum atomic E-state index is 15.2. The molecule has 82 heavy (non-hydrogen) atoms. The normalized spacial score (nSPS) is 35.7. The van der Waals surface area contributed by atoms with Crippen molar-refractivity contribution >= 4 is 46.8 Å². The van der Waals surface area contributed by atoms with Crippen molar-refractivity contribution in [2.45, 2.75) is 179 Å². The molecule has 4 aliphatic heterocycles. The van der Waals surface area contributed by atoms with Gasteiger partial charge in [0.2, 0.25) is 0 Å².